The first-order valence-corrected chi connectivity index (χ1v) is 5.46. The van der Waals surface area contributed by atoms with Gasteiger partial charge in [-0.1, -0.05) is 30.3 Å². The number of rotatable bonds is 2. The van der Waals surface area contributed by atoms with E-state index in [4.69, 9.17) is 0 Å². The van der Waals surface area contributed by atoms with E-state index >= 15 is 0 Å². The molecule has 0 saturated heterocycles. The third-order valence-electron chi connectivity index (χ3n) is 3.04. The van der Waals surface area contributed by atoms with Crippen LogP contribution in [0.4, 0.5) is 0 Å². The fourth-order valence-corrected chi connectivity index (χ4v) is 2.25. The van der Waals surface area contributed by atoms with Crippen LogP contribution in [-0.4, -0.2) is 16.4 Å². The second-order valence-corrected chi connectivity index (χ2v) is 4.04. The van der Waals surface area contributed by atoms with E-state index in [-0.39, 0.29) is 5.75 Å². The first-order chi connectivity index (χ1) is 8.31. The lowest BCUT2D eigenvalue weighted by Gasteiger charge is -1.97. The summed E-state index contributed by atoms with van der Waals surface area (Å²) in [5.74, 6) is 0.232. The predicted molar refractivity (Wildman–Crippen MR) is 67.2 cm³/mol. The number of aromatic amines is 1. The summed E-state index contributed by atoms with van der Waals surface area (Å²) in [7, 11) is 0. The molecule has 84 valence electrons. The average Bonchev–Trinajstić information content (AvgIpc) is 2.71. The topological polar surface area (TPSA) is 53.1 Å². The minimum Gasteiger partial charge on any atom is -0.506 e. The minimum atomic E-state index is 0.232. The number of para-hydroxylation sites is 2. The fourth-order valence-electron chi connectivity index (χ4n) is 2.25. The number of aromatic nitrogens is 1. The van der Waals surface area contributed by atoms with E-state index in [9.17, 15) is 9.90 Å². The van der Waals surface area contributed by atoms with Crippen molar-refractivity contribution in [1.82, 2.24) is 4.98 Å². The van der Waals surface area contributed by atoms with E-state index in [0.29, 0.717) is 6.42 Å². The quantitative estimate of drug-likeness (QED) is 0.659. The van der Waals surface area contributed by atoms with Crippen LogP contribution in [0.5, 0.6) is 5.75 Å². The number of carbonyl (C=O) groups excluding carboxylic acids is 1. The highest BCUT2D eigenvalue weighted by molar-refractivity contribution is 6.10. The van der Waals surface area contributed by atoms with Gasteiger partial charge in [-0.2, -0.15) is 0 Å². The van der Waals surface area contributed by atoms with E-state index in [1.165, 1.54) is 0 Å². The molecule has 0 bridgehead atoms. The maximum absolute atomic E-state index is 10.6. The van der Waals surface area contributed by atoms with Crippen molar-refractivity contribution in [3.8, 4) is 5.75 Å². The number of aldehydes is 1. The number of H-pyrrole nitrogens is 1. The van der Waals surface area contributed by atoms with Crippen LogP contribution in [0, 0.1) is 0 Å². The van der Waals surface area contributed by atoms with E-state index in [2.05, 4.69) is 4.98 Å². The van der Waals surface area contributed by atoms with Gasteiger partial charge in [-0.05, 0) is 11.6 Å². The molecule has 1 heterocycles. The maximum Gasteiger partial charge on any atom is 0.139 e. The Balaban J connectivity index is 2.46. The van der Waals surface area contributed by atoms with Gasteiger partial charge in [0, 0.05) is 17.2 Å². The summed E-state index contributed by atoms with van der Waals surface area (Å²) in [5, 5.41) is 11.8. The van der Waals surface area contributed by atoms with Gasteiger partial charge in [0.25, 0.3) is 0 Å². The Labute approximate surface area is 97.7 Å². The molecule has 0 aliphatic carbocycles. The second kappa shape index (κ2) is 3.63. The molecule has 3 aromatic rings. The summed E-state index contributed by atoms with van der Waals surface area (Å²) in [5.41, 5.74) is 2.60. The Kier molecular flexibility index (Phi) is 2.11. The Morgan fingerprint density at radius 1 is 1.06 bits per heavy atom. The summed E-state index contributed by atoms with van der Waals surface area (Å²) in [6.07, 6.45) is 1.27. The van der Waals surface area contributed by atoms with Gasteiger partial charge in [-0.3, -0.25) is 0 Å². The number of hydrogen-bond acceptors (Lipinski definition) is 2. The molecule has 0 spiro atoms. The lowest BCUT2D eigenvalue weighted by Crippen LogP contribution is -1.86. The second-order valence-electron chi connectivity index (χ2n) is 4.04. The molecule has 0 aliphatic rings. The Morgan fingerprint density at radius 3 is 2.53 bits per heavy atom. The molecule has 0 radical (unpaired) electrons. The molecule has 0 amide bonds. The number of phenols is 1. The number of fused-ring (bicyclic) bond motifs is 3. The fraction of sp³-hybridized carbons (Fsp3) is 0.0714. The van der Waals surface area contributed by atoms with Crippen LogP contribution in [-0.2, 0) is 11.2 Å². The molecule has 3 rings (SSSR count). The van der Waals surface area contributed by atoms with Crippen molar-refractivity contribution in [2.45, 2.75) is 6.42 Å². The van der Waals surface area contributed by atoms with Gasteiger partial charge in [0.2, 0.25) is 0 Å². The van der Waals surface area contributed by atoms with E-state index in [1.54, 1.807) is 6.07 Å². The maximum atomic E-state index is 10.6. The van der Waals surface area contributed by atoms with Gasteiger partial charge < -0.3 is 14.9 Å². The van der Waals surface area contributed by atoms with Crippen molar-refractivity contribution >= 4 is 28.1 Å². The first kappa shape index (κ1) is 9.90. The largest absolute Gasteiger partial charge is 0.506 e. The van der Waals surface area contributed by atoms with Crippen LogP contribution < -0.4 is 0 Å². The van der Waals surface area contributed by atoms with E-state index in [1.807, 2.05) is 30.3 Å². The Morgan fingerprint density at radius 2 is 1.76 bits per heavy atom. The predicted octanol–water partition coefficient (Wildman–Crippen LogP) is 2.77. The van der Waals surface area contributed by atoms with Gasteiger partial charge >= 0.3 is 0 Å². The summed E-state index contributed by atoms with van der Waals surface area (Å²) < 4.78 is 0. The van der Waals surface area contributed by atoms with Crippen LogP contribution in [0.3, 0.4) is 0 Å². The van der Waals surface area contributed by atoms with Crippen molar-refractivity contribution in [2.75, 3.05) is 0 Å². The van der Waals surface area contributed by atoms with Crippen molar-refractivity contribution in [1.29, 1.82) is 0 Å². The SMILES string of the molecule is O=CCc1cccc2c1[nH]c1c(O)cccc12. The molecule has 3 heteroatoms. The van der Waals surface area contributed by atoms with Crippen LogP contribution in [0.1, 0.15) is 5.56 Å². The standard InChI is InChI=1S/C14H11NO2/c16-8-7-9-3-1-4-10-11-5-2-6-12(17)14(11)15-13(9)10/h1-6,8,15,17H,7H2. The van der Waals surface area contributed by atoms with Gasteiger partial charge in [-0.15, -0.1) is 0 Å². The number of phenolic OH excluding ortho intramolecular Hbond substituents is 1. The molecule has 0 fully saturated rings. The molecule has 17 heavy (non-hydrogen) atoms. The van der Waals surface area contributed by atoms with Crippen LogP contribution in [0.15, 0.2) is 36.4 Å². The monoisotopic (exact) mass is 225 g/mol. The zero-order valence-electron chi connectivity index (χ0n) is 9.10. The van der Waals surface area contributed by atoms with Gasteiger partial charge in [0.1, 0.15) is 12.0 Å². The lowest BCUT2D eigenvalue weighted by atomic mass is 10.1. The van der Waals surface area contributed by atoms with Gasteiger partial charge in [0.05, 0.1) is 11.0 Å². The zero-order valence-corrected chi connectivity index (χ0v) is 9.10. The van der Waals surface area contributed by atoms with Crippen LogP contribution in [0.2, 0.25) is 0 Å². The molecule has 0 atom stereocenters. The minimum absolute atomic E-state index is 0.232. The van der Waals surface area contributed by atoms with Crippen LogP contribution >= 0.6 is 0 Å². The van der Waals surface area contributed by atoms with Crippen molar-refractivity contribution in [3.05, 3.63) is 42.0 Å². The molecule has 1 aromatic heterocycles. The molecule has 0 unspecified atom stereocenters. The number of aromatic hydroxyl groups is 1. The number of benzene rings is 2. The summed E-state index contributed by atoms with van der Waals surface area (Å²) in [6.45, 7) is 0. The van der Waals surface area contributed by atoms with Gasteiger partial charge in [0.15, 0.2) is 0 Å². The summed E-state index contributed by atoms with van der Waals surface area (Å²) >= 11 is 0. The molecular weight excluding hydrogens is 214 g/mol. The van der Waals surface area contributed by atoms with Crippen molar-refractivity contribution < 1.29 is 9.90 Å². The van der Waals surface area contributed by atoms with Crippen molar-refractivity contribution in [2.24, 2.45) is 0 Å². The highest BCUT2D eigenvalue weighted by Gasteiger charge is 2.09. The molecule has 3 nitrogen and oxygen atoms in total. The zero-order chi connectivity index (χ0) is 11.8. The smallest absolute Gasteiger partial charge is 0.139 e. The molecule has 2 aromatic carbocycles. The number of carbonyl (C=O) groups is 1. The normalized spacial score (nSPS) is 11.1. The molecular formula is C14H11NO2. The highest BCUT2D eigenvalue weighted by Crippen LogP contribution is 2.32. The summed E-state index contributed by atoms with van der Waals surface area (Å²) in [4.78, 5) is 13.8. The van der Waals surface area contributed by atoms with E-state index in [0.717, 1.165) is 33.7 Å². The Bertz CT molecular complexity index is 713. The highest BCUT2D eigenvalue weighted by atomic mass is 16.3. The molecule has 0 aliphatic heterocycles. The third kappa shape index (κ3) is 1.40. The number of hydrogen-bond donors (Lipinski definition) is 2. The molecule has 0 saturated carbocycles. The summed E-state index contributed by atoms with van der Waals surface area (Å²) in [6, 6.07) is 11.3. The van der Waals surface area contributed by atoms with E-state index < -0.39 is 0 Å². The molecule has 2 N–H and O–H groups in total. The third-order valence-corrected chi connectivity index (χ3v) is 3.04. The van der Waals surface area contributed by atoms with Gasteiger partial charge in [-0.25, -0.2) is 0 Å². The van der Waals surface area contributed by atoms with Crippen LogP contribution in [0.25, 0.3) is 21.8 Å². The number of nitrogens with one attached hydrogen (secondary N) is 1. The van der Waals surface area contributed by atoms with Crippen molar-refractivity contribution in [3.63, 3.8) is 0 Å². The lowest BCUT2D eigenvalue weighted by molar-refractivity contribution is -0.107. The average molecular weight is 225 g/mol. The Hall–Kier alpha value is -2.29. The first-order valence-electron chi connectivity index (χ1n) is 5.46.